The van der Waals surface area contributed by atoms with E-state index in [1.807, 2.05) is 39.2 Å². The standard InChI is InChI=1S/C27H33FN4O3S.C2H6.CH4S/c1-17(32(16-33)14-20(30-2)7-6-12-29)21-8-5-9-22-24(26(27(34)35)31-25(21)22)18-10-11-19(15-36(3)4)23(28)13-18;2*1-2/h5,8-11,13-14,16-17,30-31H,3,6-7,12,15,29H2,1-2,4H3,(H,34,35);1-2H3;2H,1H3/b20-14-;;. The van der Waals surface area contributed by atoms with E-state index in [2.05, 4.69) is 28.8 Å². The maximum Gasteiger partial charge on any atom is 0.352 e. The van der Waals surface area contributed by atoms with Crippen molar-refractivity contribution in [2.24, 2.45) is 5.73 Å². The summed E-state index contributed by atoms with van der Waals surface area (Å²) in [5.41, 5.74) is 9.20. The molecule has 0 saturated heterocycles. The van der Waals surface area contributed by atoms with Crippen LogP contribution in [0, 0.1) is 5.82 Å². The molecule has 0 fully saturated rings. The summed E-state index contributed by atoms with van der Waals surface area (Å²) in [6, 6.07) is 9.87. The molecule has 2 unspecified atom stereocenters. The number of allylic oxidation sites excluding steroid dienone is 1. The molecule has 0 aliphatic carbocycles. The number of nitrogens with two attached hydrogens (primary N) is 1. The Balaban J connectivity index is 0.00000191. The lowest BCUT2D eigenvalue weighted by atomic mass is 9.97. The predicted octanol–water partition coefficient (Wildman–Crippen LogP) is 6.39. The maximum atomic E-state index is 14.9. The third-order valence-electron chi connectivity index (χ3n) is 6.12. The number of halogens is 1. The first-order valence-electron chi connectivity index (χ1n) is 13.1. The van der Waals surface area contributed by atoms with Crippen molar-refractivity contribution in [3.05, 3.63) is 70.9 Å². The van der Waals surface area contributed by atoms with Crippen LogP contribution in [-0.4, -0.2) is 59.3 Å². The van der Waals surface area contributed by atoms with Crippen molar-refractivity contribution in [1.82, 2.24) is 15.2 Å². The van der Waals surface area contributed by atoms with Gasteiger partial charge in [-0.3, -0.25) is 4.79 Å². The SMILES string of the molecule is C=S(C)Cc1ccc(-c2c(C(=O)O)[nH]c3c(C(C)N(C=O)/C=C(/CCCN)NC)cccc23)cc1F.CC.CS. The Morgan fingerprint density at radius 2 is 1.98 bits per heavy atom. The molecule has 2 aromatic carbocycles. The average Bonchev–Trinajstić information content (AvgIpc) is 3.36. The van der Waals surface area contributed by atoms with E-state index in [-0.39, 0.29) is 22.0 Å². The highest BCUT2D eigenvalue weighted by Crippen LogP contribution is 2.37. The minimum Gasteiger partial charge on any atom is -0.477 e. The third kappa shape index (κ3) is 8.71. The Kier molecular flexibility index (Phi) is 15.4. The number of hydrogen-bond donors (Lipinski definition) is 5. The van der Waals surface area contributed by atoms with Crippen LogP contribution in [0.4, 0.5) is 4.39 Å². The van der Waals surface area contributed by atoms with Crippen molar-refractivity contribution in [3.8, 4) is 11.1 Å². The van der Waals surface area contributed by atoms with Gasteiger partial charge in [0.2, 0.25) is 6.41 Å². The summed E-state index contributed by atoms with van der Waals surface area (Å²) in [5.74, 6) is 2.92. The molecule has 40 heavy (non-hydrogen) atoms. The Labute approximate surface area is 245 Å². The number of H-pyrrole nitrogens is 1. The summed E-state index contributed by atoms with van der Waals surface area (Å²) in [5, 5.41) is 13.7. The predicted molar refractivity (Wildman–Crippen MR) is 173 cm³/mol. The number of carboxylic acids is 1. The normalized spacial score (nSPS) is 12.4. The number of carbonyl (C=O) groups is 2. The molecule has 0 aliphatic heterocycles. The van der Waals surface area contributed by atoms with Gasteiger partial charge < -0.3 is 26.0 Å². The molecule has 0 radical (unpaired) electrons. The molecule has 3 rings (SSSR count). The zero-order chi connectivity index (χ0) is 30.4. The van der Waals surface area contributed by atoms with Gasteiger partial charge in [0.25, 0.3) is 0 Å². The Hall–Kier alpha value is -3.08. The molecular formula is C30H43FN4O3S2. The quantitative estimate of drug-likeness (QED) is 0.0953. The summed E-state index contributed by atoms with van der Waals surface area (Å²) >= 11 is 3.53. The Bertz CT molecular complexity index is 1320. The topological polar surface area (TPSA) is 111 Å². The van der Waals surface area contributed by atoms with Crippen LogP contribution in [0.2, 0.25) is 0 Å². The van der Waals surface area contributed by atoms with Crippen molar-refractivity contribution >= 4 is 52.3 Å². The van der Waals surface area contributed by atoms with Crippen LogP contribution in [0.15, 0.2) is 48.3 Å². The van der Waals surface area contributed by atoms with E-state index >= 15 is 0 Å². The van der Waals surface area contributed by atoms with Crippen LogP contribution in [-0.2, 0) is 10.5 Å². The number of fused-ring (bicyclic) bond motifs is 1. The van der Waals surface area contributed by atoms with Gasteiger partial charge in [-0.2, -0.15) is 23.1 Å². The number of aromatic nitrogens is 1. The molecule has 7 nitrogen and oxygen atoms in total. The number of rotatable bonds is 12. The van der Waals surface area contributed by atoms with E-state index < -0.39 is 12.0 Å². The molecule has 5 N–H and O–H groups in total. The van der Waals surface area contributed by atoms with E-state index in [0.29, 0.717) is 46.3 Å². The number of carboxylic acid groups (broad SMARTS) is 1. The summed E-state index contributed by atoms with van der Waals surface area (Å²) in [7, 11) is 1.57. The van der Waals surface area contributed by atoms with Crippen LogP contribution in [0.5, 0.6) is 0 Å². The smallest absolute Gasteiger partial charge is 0.352 e. The lowest BCUT2D eigenvalue weighted by molar-refractivity contribution is -0.117. The number of aromatic carboxylic acids is 1. The van der Waals surface area contributed by atoms with Gasteiger partial charge in [-0.05, 0) is 61.6 Å². The summed E-state index contributed by atoms with van der Waals surface area (Å²) in [6.45, 7) is 6.40. The number of hydrogen-bond acceptors (Lipinski definition) is 5. The van der Waals surface area contributed by atoms with E-state index in [1.54, 1.807) is 37.7 Å². The van der Waals surface area contributed by atoms with Gasteiger partial charge in [-0.25, -0.2) is 9.18 Å². The van der Waals surface area contributed by atoms with Gasteiger partial charge in [0.05, 0.1) is 11.6 Å². The first-order valence-corrected chi connectivity index (χ1v) is 15.9. The molecule has 1 amide bonds. The average molecular weight is 591 g/mol. The van der Waals surface area contributed by atoms with Crippen LogP contribution < -0.4 is 11.1 Å². The summed E-state index contributed by atoms with van der Waals surface area (Å²) < 4.78 is 14.9. The number of para-hydroxylation sites is 1. The molecule has 0 aliphatic rings. The van der Waals surface area contributed by atoms with Gasteiger partial charge >= 0.3 is 5.97 Å². The molecule has 220 valence electrons. The van der Waals surface area contributed by atoms with Crippen molar-refractivity contribution in [2.45, 2.75) is 45.4 Å². The first kappa shape index (κ1) is 34.9. The second kappa shape index (κ2) is 17.6. The zero-order valence-electron chi connectivity index (χ0n) is 24.3. The van der Waals surface area contributed by atoms with Gasteiger partial charge in [-0.15, -0.1) is 0 Å². The van der Waals surface area contributed by atoms with Crippen molar-refractivity contribution in [3.63, 3.8) is 0 Å². The van der Waals surface area contributed by atoms with E-state index in [1.165, 1.54) is 11.0 Å². The van der Waals surface area contributed by atoms with E-state index in [4.69, 9.17) is 5.73 Å². The molecular weight excluding hydrogens is 547 g/mol. The molecule has 2 atom stereocenters. The fourth-order valence-electron chi connectivity index (χ4n) is 4.25. The zero-order valence-corrected chi connectivity index (χ0v) is 26.0. The number of benzene rings is 2. The largest absolute Gasteiger partial charge is 0.477 e. The van der Waals surface area contributed by atoms with Crippen molar-refractivity contribution in [1.29, 1.82) is 0 Å². The number of nitrogens with one attached hydrogen (secondary N) is 2. The highest BCUT2D eigenvalue weighted by Gasteiger charge is 2.24. The molecule has 1 heterocycles. The summed E-state index contributed by atoms with van der Waals surface area (Å²) in [6.07, 6.45) is 7.58. The summed E-state index contributed by atoms with van der Waals surface area (Å²) in [4.78, 5) is 28.8. The Morgan fingerprint density at radius 3 is 2.50 bits per heavy atom. The van der Waals surface area contributed by atoms with Crippen LogP contribution in [0.1, 0.15) is 61.3 Å². The second-order valence-electron chi connectivity index (χ2n) is 8.71. The molecule has 0 bridgehead atoms. The van der Waals surface area contributed by atoms with Crippen LogP contribution >= 0.6 is 23.1 Å². The lowest BCUT2D eigenvalue weighted by Gasteiger charge is -2.24. The van der Waals surface area contributed by atoms with Crippen LogP contribution in [0.3, 0.4) is 0 Å². The van der Waals surface area contributed by atoms with Gasteiger partial charge in [-0.1, -0.05) is 50.0 Å². The van der Waals surface area contributed by atoms with Crippen LogP contribution in [0.25, 0.3) is 22.0 Å². The number of nitrogens with zero attached hydrogens (tertiary/aromatic N) is 1. The molecule has 3 aromatic rings. The van der Waals surface area contributed by atoms with Gasteiger partial charge in [0.1, 0.15) is 11.5 Å². The number of thiol groups is 1. The number of carbonyl (C=O) groups excluding carboxylic acids is 1. The number of aromatic amines is 1. The minimum atomic E-state index is -1.15. The monoisotopic (exact) mass is 590 g/mol. The fraction of sp³-hybridized carbons (Fsp3) is 0.367. The highest BCUT2D eigenvalue weighted by atomic mass is 32.2. The van der Waals surface area contributed by atoms with Crippen molar-refractivity contribution < 1.29 is 19.1 Å². The molecule has 0 saturated carbocycles. The van der Waals surface area contributed by atoms with Crippen molar-refractivity contribution in [2.75, 3.05) is 26.1 Å². The fourth-order valence-corrected chi connectivity index (χ4v) is 5.02. The minimum absolute atomic E-state index is 0.0312. The highest BCUT2D eigenvalue weighted by molar-refractivity contribution is 8.12. The van der Waals surface area contributed by atoms with E-state index in [9.17, 15) is 19.1 Å². The molecule has 10 heteroatoms. The third-order valence-corrected chi connectivity index (χ3v) is 6.92. The van der Waals surface area contributed by atoms with Gasteiger partial charge in [0.15, 0.2) is 0 Å². The van der Waals surface area contributed by atoms with Gasteiger partial charge in [0, 0.05) is 35.6 Å². The maximum absolute atomic E-state index is 14.9. The molecule has 1 aromatic heterocycles. The second-order valence-corrected chi connectivity index (χ2v) is 10.6. The van der Waals surface area contributed by atoms with E-state index in [0.717, 1.165) is 24.1 Å². The first-order chi connectivity index (χ1) is 19.2. The number of amides is 1. The molecule has 0 spiro atoms. The Morgan fingerprint density at radius 1 is 1.30 bits per heavy atom. The lowest BCUT2D eigenvalue weighted by Crippen LogP contribution is -2.23.